The van der Waals surface area contributed by atoms with Crippen LogP contribution in [0, 0.1) is 12.1 Å². The van der Waals surface area contributed by atoms with Gasteiger partial charge in [-0.3, -0.25) is 0 Å². The predicted molar refractivity (Wildman–Crippen MR) is 56.2 cm³/mol. The number of rotatable bonds is 2. The molecule has 19 heavy (non-hydrogen) atoms. The van der Waals surface area contributed by atoms with Crippen molar-refractivity contribution < 1.29 is 55.6 Å². The summed E-state index contributed by atoms with van der Waals surface area (Å²) in [6, 6.07) is 16.7. The van der Waals surface area contributed by atoms with Crippen LogP contribution in [0.3, 0.4) is 0 Å². The summed E-state index contributed by atoms with van der Waals surface area (Å²) >= 11 is 0. The van der Waals surface area contributed by atoms with E-state index in [9.17, 15) is 13.2 Å². The summed E-state index contributed by atoms with van der Waals surface area (Å²) in [6.07, 6.45) is -4.67. The molecule has 0 aliphatic rings. The predicted octanol–water partition coefficient (Wildman–Crippen LogP) is -2.14. The minimum absolute atomic E-state index is 0. The molecule has 0 fully saturated rings. The Morgan fingerprint density at radius 2 is 1.58 bits per heavy atom. The molecule has 0 spiro atoms. The summed E-state index contributed by atoms with van der Waals surface area (Å²) in [5, 5.41) is 0. The third-order valence-corrected chi connectivity index (χ3v) is 2.02. The van der Waals surface area contributed by atoms with Crippen LogP contribution in [0.15, 0.2) is 42.5 Å². The fourth-order valence-corrected chi connectivity index (χ4v) is 1.34. The number of benzene rings is 2. The minimum atomic E-state index is -4.67. The molecule has 0 N–H and O–H groups in total. The van der Waals surface area contributed by atoms with Gasteiger partial charge in [0.25, 0.3) is 0 Å². The maximum Gasteiger partial charge on any atom is 1.00 e. The molecule has 2 aromatic rings. The second kappa shape index (κ2) is 7.73. The zero-order chi connectivity index (χ0) is 12.3. The Balaban J connectivity index is 0.00000162. The van der Waals surface area contributed by atoms with Crippen molar-refractivity contribution in [3.8, 4) is 16.9 Å². The molecule has 0 atom stereocenters. The first-order chi connectivity index (χ1) is 8.04. The van der Waals surface area contributed by atoms with E-state index in [1.807, 2.05) is 12.1 Å². The average Bonchev–Trinajstić information content (AvgIpc) is 2.29. The maximum absolute atomic E-state index is 11.9. The van der Waals surface area contributed by atoms with Gasteiger partial charge in [-0.05, 0) is 0 Å². The SMILES string of the molecule is FC(F)(F)Oc1c[c-]c(-c2[c-]cccc2)cc1.[Li+].[Li+]. The van der Waals surface area contributed by atoms with Crippen molar-refractivity contribution in [1.82, 2.24) is 0 Å². The standard InChI is InChI=1S/C13H7F3O.2Li/c14-13(15,16)17-12-8-6-11(7-9-12)10-4-2-1-3-5-10;;/h1-4,6,8-9H;;/q-2;2*+1. The fourth-order valence-electron chi connectivity index (χ4n) is 1.34. The van der Waals surface area contributed by atoms with Gasteiger partial charge in [0.15, 0.2) is 0 Å². The van der Waals surface area contributed by atoms with Crippen LogP contribution in [-0.2, 0) is 0 Å². The average molecular weight is 250 g/mol. The van der Waals surface area contributed by atoms with Crippen LogP contribution >= 0.6 is 0 Å². The quantitative estimate of drug-likeness (QED) is 0.436. The molecule has 0 aliphatic carbocycles. The number of alkyl halides is 3. The Bertz CT molecular complexity index is 483. The van der Waals surface area contributed by atoms with Crippen molar-refractivity contribution in [2.24, 2.45) is 0 Å². The van der Waals surface area contributed by atoms with E-state index < -0.39 is 6.36 Å². The first-order valence-electron chi connectivity index (χ1n) is 4.79. The van der Waals surface area contributed by atoms with Crippen molar-refractivity contribution in [3.63, 3.8) is 0 Å². The summed E-state index contributed by atoms with van der Waals surface area (Å²) in [5.41, 5.74) is 1.44. The molecule has 88 valence electrons. The molecule has 2 aromatic carbocycles. The molecule has 0 saturated heterocycles. The molecular formula is C13H7F3Li2O. The van der Waals surface area contributed by atoms with Crippen molar-refractivity contribution in [1.29, 1.82) is 0 Å². The van der Waals surface area contributed by atoms with Crippen LogP contribution in [0.4, 0.5) is 13.2 Å². The maximum atomic E-state index is 11.9. The Kier molecular flexibility index (Phi) is 7.41. The molecule has 0 aromatic heterocycles. The summed E-state index contributed by atoms with van der Waals surface area (Å²) < 4.78 is 39.5. The molecule has 0 saturated carbocycles. The van der Waals surface area contributed by atoms with Gasteiger partial charge in [-0.25, -0.2) is 11.1 Å². The first-order valence-corrected chi connectivity index (χ1v) is 4.79. The second-order valence-corrected chi connectivity index (χ2v) is 3.26. The molecule has 0 heterocycles. The zero-order valence-corrected chi connectivity index (χ0v) is 10.6. The van der Waals surface area contributed by atoms with Gasteiger partial charge in [0.2, 0.25) is 0 Å². The van der Waals surface area contributed by atoms with Crippen molar-refractivity contribution in [2.45, 2.75) is 6.36 Å². The fraction of sp³-hybridized carbons (Fsp3) is 0.0769. The molecule has 0 aliphatic heterocycles. The molecule has 0 bridgehead atoms. The largest absolute Gasteiger partial charge is 1.00 e. The van der Waals surface area contributed by atoms with E-state index in [4.69, 9.17) is 0 Å². The van der Waals surface area contributed by atoms with Gasteiger partial charge < -0.3 is 4.74 Å². The number of hydrogen-bond acceptors (Lipinski definition) is 1. The van der Waals surface area contributed by atoms with Crippen LogP contribution in [0.2, 0.25) is 0 Å². The minimum Gasteiger partial charge on any atom is -0.454 e. The van der Waals surface area contributed by atoms with Gasteiger partial charge in [0.1, 0.15) is 0 Å². The molecule has 2 rings (SSSR count). The molecule has 6 heteroatoms. The van der Waals surface area contributed by atoms with E-state index in [0.29, 0.717) is 5.56 Å². The third kappa shape index (κ3) is 5.81. The van der Waals surface area contributed by atoms with E-state index in [1.54, 1.807) is 12.1 Å². The molecule has 0 radical (unpaired) electrons. The number of hydrogen-bond donors (Lipinski definition) is 0. The van der Waals surface area contributed by atoms with Gasteiger partial charge in [-0.15, -0.1) is 31.4 Å². The number of halogens is 3. The molecular weight excluding hydrogens is 243 g/mol. The normalized spacial score (nSPS) is 10.1. The van der Waals surface area contributed by atoms with Crippen molar-refractivity contribution in [3.05, 3.63) is 54.6 Å². The van der Waals surface area contributed by atoms with E-state index >= 15 is 0 Å². The van der Waals surface area contributed by atoms with E-state index in [2.05, 4.69) is 16.9 Å². The Labute approximate surface area is 133 Å². The summed E-state index contributed by atoms with van der Waals surface area (Å²) in [6.45, 7) is 0. The topological polar surface area (TPSA) is 9.23 Å². The van der Waals surface area contributed by atoms with E-state index in [0.717, 1.165) is 11.6 Å². The van der Waals surface area contributed by atoms with E-state index in [-0.39, 0.29) is 43.5 Å². The Hall–Kier alpha value is -0.775. The Morgan fingerprint density at radius 1 is 0.895 bits per heavy atom. The van der Waals surface area contributed by atoms with Gasteiger partial charge in [0.05, 0.1) is 0 Å². The second-order valence-electron chi connectivity index (χ2n) is 3.26. The smallest absolute Gasteiger partial charge is 0.454 e. The third-order valence-electron chi connectivity index (χ3n) is 2.02. The van der Waals surface area contributed by atoms with Crippen LogP contribution in [0.5, 0.6) is 5.75 Å². The molecule has 1 nitrogen and oxygen atoms in total. The summed E-state index contributed by atoms with van der Waals surface area (Å²) in [7, 11) is 0. The summed E-state index contributed by atoms with van der Waals surface area (Å²) in [5.74, 6) is -0.280. The first kappa shape index (κ1) is 18.2. The monoisotopic (exact) mass is 250 g/mol. The van der Waals surface area contributed by atoms with Crippen LogP contribution in [0.1, 0.15) is 0 Å². The van der Waals surface area contributed by atoms with Crippen LogP contribution in [0.25, 0.3) is 11.1 Å². The van der Waals surface area contributed by atoms with E-state index in [1.165, 1.54) is 12.1 Å². The summed E-state index contributed by atoms with van der Waals surface area (Å²) in [4.78, 5) is 0. The van der Waals surface area contributed by atoms with Crippen LogP contribution < -0.4 is 42.5 Å². The van der Waals surface area contributed by atoms with Crippen LogP contribution in [-0.4, -0.2) is 6.36 Å². The van der Waals surface area contributed by atoms with Gasteiger partial charge in [-0.1, -0.05) is 0 Å². The molecule has 0 amide bonds. The van der Waals surface area contributed by atoms with Gasteiger partial charge >= 0.3 is 44.1 Å². The van der Waals surface area contributed by atoms with Crippen molar-refractivity contribution in [2.75, 3.05) is 0 Å². The molecule has 0 unspecified atom stereocenters. The number of ether oxygens (including phenoxy) is 1. The van der Waals surface area contributed by atoms with Gasteiger partial charge in [0, 0.05) is 5.75 Å². The Morgan fingerprint density at radius 3 is 2.05 bits per heavy atom. The van der Waals surface area contributed by atoms with Crippen molar-refractivity contribution >= 4 is 0 Å². The zero-order valence-electron chi connectivity index (χ0n) is 10.6. The van der Waals surface area contributed by atoms with Gasteiger partial charge in [-0.2, -0.15) is 36.4 Å².